The van der Waals surface area contributed by atoms with Crippen molar-refractivity contribution in [3.05, 3.63) is 40.7 Å². The molecule has 1 heterocycles. The number of benzene rings is 1. The SMILES string of the molecule is CN(C)c1cc(NCc2ccn[nH]2)c(O)c2c1C[C@H]1C[C@H]3CC(O)C(C(N)=O)C(=O)[C@@]3(O)C(=O)C1=C2O. The second-order valence-corrected chi connectivity index (χ2v) is 10.2. The second-order valence-electron chi connectivity index (χ2n) is 10.2. The third-order valence-corrected chi connectivity index (χ3v) is 7.87. The minimum absolute atomic E-state index is 0.0368. The summed E-state index contributed by atoms with van der Waals surface area (Å²) in [6, 6.07) is 3.50. The van der Waals surface area contributed by atoms with Crippen molar-refractivity contribution in [2.24, 2.45) is 23.5 Å². The van der Waals surface area contributed by atoms with Crippen molar-refractivity contribution >= 4 is 34.6 Å². The summed E-state index contributed by atoms with van der Waals surface area (Å²) < 4.78 is 0. The Labute approximate surface area is 211 Å². The normalized spacial score (nSPS) is 28.9. The first-order chi connectivity index (χ1) is 17.5. The number of anilines is 2. The largest absolute Gasteiger partial charge is 0.507 e. The molecule has 3 aliphatic rings. The van der Waals surface area contributed by atoms with Crippen LogP contribution in [0.4, 0.5) is 11.4 Å². The number of phenols is 1. The molecule has 8 N–H and O–H groups in total. The Hall–Kier alpha value is -3.90. The lowest BCUT2D eigenvalue weighted by Crippen LogP contribution is -2.66. The van der Waals surface area contributed by atoms with Gasteiger partial charge in [-0.3, -0.25) is 19.5 Å². The van der Waals surface area contributed by atoms with Crippen LogP contribution < -0.4 is 16.0 Å². The summed E-state index contributed by atoms with van der Waals surface area (Å²) >= 11 is 0. The molecule has 5 atom stereocenters. The number of phenolic OH excluding ortho intramolecular Hbond substituents is 1. The Morgan fingerprint density at radius 3 is 2.65 bits per heavy atom. The molecule has 37 heavy (non-hydrogen) atoms. The van der Waals surface area contributed by atoms with Crippen LogP contribution >= 0.6 is 0 Å². The van der Waals surface area contributed by atoms with Gasteiger partial charge in [0.25, 0.3) is 0 Å². The van der Waals surface area contributed by atoms with Crippen LogP contribution in [0.1, 0.15) is 29.7 Å². The van der Waals surface area contributed by atoms with E-state index >= 15 is 0 Å². The number of carbonyl (C=O) groups excluding carboxylic acids is 3. The lowest BCUT2D eigenvalue weighted by molar-refractivity contribution is -0.174. The standard InChI is InChI=1S/C25H29N5O7/c1-30(2)15-8-14(27-9-12-3-4-28-29-12)20(32)18-13(15)6-10-5-11-7-16(31)19(24(26)36)23(35)25(11,37)22(34)17(10)21(18)33/h3-4,8,10-11,16,19,27,31-33,37H,5-7,9H2,1-2H3,(H2,26,36)(H,28,29)/t10-,11+,16?,19?,25+/m1/s1. The summed E-state index contributed by atoms with van der Waals surface area (Å²) in [6.07, 6.45) is 0.373. The van der Waals surface area contributed by atoms with Crippen molar-refractivity contribution < 1.29 is 34.8 Å². The average Bonchev–Trinajstić information content (AvgIpc) is 3.34. The molecule has 2 fully saturated rings. The Balaban J connectivity index is 1.62. The third-order valence-electron chi connectivity index (χ3n) is 7.87. The van der Waals surface area contributed by atoms with Gasteiger partial charge in [-0.15, -0.1) is 0 Å². The van der Waals surface area contributed by atoms with Crippen LogP contribution in [0.25, 0.3) is 5.76 Å². The number of nitrogens with one attached hydrogen (secondary N) is 2. The number of nitrogens with two attached hydrogens (primary N) is 1. The fraction of sp³-hybridized carbons (Fsp3) is 0.440. The Bertz CT molecular complexity index is 1340. The van der Waals surface area contributed by atoms with Crippen LogP contribution in [-0.4, -0.2) is 73.9 Å². The van der Waals surface area contributed by atoms with Crippen LogP contribution in [0.5, 0.6) is 5.75 Å². The number of aliphatic hydroxyl groups excluding tert-OH is 2. The number of hydrogen-bond acceptors (Lipinski definition) is 10. The fourth-order valence-electron chi connectivity index (χ4n) is 6.08. The molecule has 1 aromatic heterocycles. The summed E-state index contributed by atoms with van der Waals surface area (Å²) in [5.41, 5.74) is 4.91. The smallest absolute Gasteiger partial charge is 0.230 e. The number of Topliss-reactive ketones (excluding diaryl/α,β-unsaturated/α-hetero) is 2. The summed E-state index contributed by atoms with van der Waals surface area (Å²) in [7, 11) is 3.62. The molecule has 5 rings (SSSR count). The molecule has 2 aromatic rings. The van der Waals surface area contributed by atoms with E-state index in [1.807, 2.05) is 19.0 Å². The first kappa shape index (κ1) is 24.8. The molecule has 1 amide bonds. The predicted molar refractivity (Wildman–Crippen MR) is 131 cm³/mol. The van der Waals surface area contributed by atoms with E-state index in [9.17, 15) is 34.8 Å². The topological polar surface area (TPSA) is 202 Å². The number of H-pyrrole nitrogens is 1. The molecule has 0 spiro atoms. The minimum atomic E-state index is -2.60. The first-order valence-electron chi connectivity index (χ1n) is 12.0. The van der Waals surface area contributed by atoms with Crippen LogP contribution in [0.3, 0.4) is 0 Å². The van der Waals surface area contributed by atoms with Gasteiger partial charge in [0.05, 0.1) is 29.6 Å². The second kappa shape index (κ2) is 8.60. The van der Waals surface area contributed by atoms with Gasteiger partial charge in [-0.1, -0.05) is 0 Å². The summed E-state index contributed by atoms with van der Waals surface area (Å²) in [4.78, 5) is 40.5. The maximum atomic E-state index is 13.7. The third kappa shape index (κ3) is 3.58. The van der Waals surface area contributed by atoms with Gasteiger partial charge in [-0.05, 0) is 42.9 Å². The van der Waals surface area contributed by atoms with Gasteiger partial charge >= 0.3 is 0 Å². The molecular weight excluding hydrogens is 482 g/mol. The zero-order chi connectivity index (χ0) is 26.8. The number of primary amides is 1. The lowest BCUT2D eigenvalue weighted by atomic mass is 9.56. The van der Waals surface area contributed by atoms with Gasteiger partial charge in [0.2, 0.25) is 11.7 Å². The molecule has 3 aliphatic carbocycles. The molecule has 0 saturated heterocycles. The van der Waals surface area contributed by atoms with Crippen molar-refractivity contribution in [1.82, 2.24) is 10.2 Å². The molecule has 2 unspecified atom stereocenters. The minimum Gasteiger partial charge on any atom is -0.507 e. The highest BCUT2D eigenvalue weighted by atomic mass is 16.3. The van der Waals surface area contributed by atoms with E-state index < -0.39 is 52.7 Å². The summed E-state index contributed by atoms with van der Waals surface area (Å²) in [5, 5.41) is 54.1. The zero-order valence-electron chi connectivity index (χ0n) is 20.4. The Morgan fingerprint density at radius 2 is 2.03 bits per heavy atom. The number of amides is 1. The van der Waals surface area contributed by atoms with Crippen molar-refractivity contribution in [2.75, 3.05) is 24.3 Å². The molecule has 0 aliphatic heterocycles. The molecule has 0 bridgehead atoms. The molecular formula is C25H29N5O7. The first-order valence-corrected chi connectivity index (χ1v) is 12.0. The monoisotopic (exact) mass is 511 g/mol. The number of aromatic nitrogens is 2. The highest BCUT2D eigenvalue weighted by molar-refractivity contribution is 6.24. The van der Waals surface area contributed by atoms with Gasteiger partial charge in [0, 0.05) is 37.5 Å². The number of hydrogen-bond donors (Lipinski definition) is 7. The predicted octanol–water partition coefficient (Wildman–Crippen LogP) is -0.00990. The molecule has 0 radical (unpaired) electrons. The molecule has 1 aromatic carbocycles. The van der Waals surface area contributed by atoms with E-state index in [1.165, 1.54) is 0 Å². The molecule has 12 nitrogen and oxygen atoms in total. The number of nitrogens with zero attached hydrogens (tertiary/aromatic N) is 2. The highest BCUT2D eigenvalue weighted by Crippen LogP contribution is 2.53. The fourth-order valence-corrected chi connectivity index (χ4v) is 6.08. The summed E-state index contributed by atoms with van der Waals surface area (Å²) in [6.45, 7) is 0.296. The van der Waals surface area contributed by atoms with Crippen molar-refractivity contribution in [3.63, 3.8) is 0 Å². The van der Waals surface area contributed by atoms with Crippen LogP contribution in [0.15, 0.2) is 23.9 Å². The number of rotatable bonds is 5. The number of fused-ring (bicyclic) bond motifs is 3. The number of carbonyl (C=O) groups is 3. The van der Waals surface area contributed by atoms with Gasteiger partial charge < -0.3 is 36.4 Å². The van der Waals surface area contributed by atoms with Crippen LogP contribution in [0.2, 0.25) is 0 Å². The van der Waals surface area contributed by atoms with Gasteiger partial charge in [0.15, 0.2) is 11.4 Å². The van der Waals surface area contributed by atoms with E-state index in [-0.39, 0.29) is 36.1 Å². The summed E-state index contributed by atoms with van der Waals surface area (Å²) in [5.74, 6) is -7.38. The Morgan fingerprint density at radius 1 is 1.30 bits per heavy atom. The van der Waals surface area contributed by atoms with E-state index in [1.54, 1.807) is 18.3 Å². The van der Waals surface area contributed by atoms with Crippen molar-refractivity contribution in [3.8, 4) is 5.75 Å². The van der Waals surface area contributed by atoms with E-state index in [0.29, 0.717) is 23.5 Å². The lowest BCUT2D eigenvalue weighted by Gasteiger charge is -2.48. The number of aliphatic hydroxyl groups is 3. The van der Waals surface area contributed by atoms with Gasteiger partial charge in [-0.25, -0.2) is 0 Å². The maximum Gasteiger partial charge on any atom is 0.230 e. The van der Waals surface area contributed by atoms with Gasteiger partial charge in [-0.2, -0.15) is 5.10 Å². The van der Waals surface area contributed by atoms with Crippen LogP contribution in [0, 0.1) is 17.8 Å². The number of aromatic hydroxyl groups is 1. The molecule has 12 heteroatoms. The van der Waals surface area contributed by atoms with Gasteiger partial charge in [0.1, 0.15) is 17.4 Å². The molecule has 2 saturated carbocycles. The quantitative estimate of drug-likeness (QED) is 0.211. The molecule has 196 valence electrons. The maximum absolute atomic E-state index is 13.7. The average molecular weight is 512 g/mol. The Kier molecular flexibility index (Phi) is 5.76. The van der Waals surface area contributed by atoms with E-state index in [0.717, 1.165) is 5.69 Å². The highest BCUT2D eigenvalue weighted by Gasteiger charge is 2.64. The van der Waals surface area contributed by atoms with Crippen LogP contribution in [-0.2, 0) is 27.3 Å². The van der Waals surface area contributed by atoms with Crippen molar-refractivity contribution in [1.29, 1.82) is 0 Å². The van der Waals surface area contributed by atoms with Crippen molar-refractivity contribution in [2.45, 2.75) is 37.5 Å². The zero-order valence-corrected chi connectivity index (χ0v) is 20.4. The van der Waals surface area contributed by atoms with E-state index in [2.05, 4.69) is 15.5 Å². The number of aromatic amines is 1. The number of ketones is 2. The van der Waals surface area contributed by atoms with E-state index in [4.69, 9.17) is 5.73 Å².